The fourth-order valence-electron chi connectivity index (χ4n) is 4.42. The standard InChI is InChI=1S/C13H8FN2.3C4H9.Sn/c14-11-6-4-10(5-7-11)12-9-16-8-2-1-3-13(16)15-12;3*1-3-4-2;/h1,3-9H;3*1,3-4H2,2H3;. The average Bonchev–Trinajstić information content (AvgIpc) is 3.17. The zero-order valence-electron chi connectivity index (χ0n) is 18.3. The van der Waals surface area contributed by atoms with Gasteiger partial charge in [0.1, 0.15) is 0 Å². The van der Waals surface area contributed by atoms with Crippen LogP contribution in [0.25, 0.3) is 16.9 Å². The van der Waals surface area contributed by atoms with Crippen molar-refractivity contribution in [1.82, 2.24) is 9.38 Å². The quantitative estimate of drug-likeness (QED) is 0.254. The maximum absolute atomic E-state index is 13.3. The summed E-state index contributed by atoms with van der Waals surface area (Å²) in [7, 11) is 0. The Bertz CT molecular complexity index is 879. The summed E-state index contributed by atoms with van der Waals surface area (Å²) in [6, 6.07) is 11.2. The second-order valence-electron chi connectivity index (χ2n) is 8.41. The molecule has 0 fully saturated rings. The van der Waals surface area contributed by atoms with Gasteiger partial charge in [-0.2, -0.15) is 0 Å². The molecule has 0 radical (unpaired) electrons. The Morgan fingerprint density at radius 3 is 1.93 bits per heavy atom. The molecule has 2 heterocycles. The van der Waals surface area contributed by atoms with E-state index in [0.29, 0.717) is 0 Å². The van der Waals surface area contributed by atoms with Gasteiger partial charge in [-0.05, 0) is 0 Å². The monoisotopic (exact) mass is 502 g/mol. The Labute approximate surface area is 179 Å². The van der Waals surface area contributed by atoms with Gasteiger partial charge in [0.05, 0.1) is 0 Å². The minimum atomic E-state index is -2.44. The van der Waals surface area contributed by atoms with E-state index >= 15 is 0 Å². The van der Waals surface area contributed by atoms with Crippen LogP contribution in [0.1, 0.15) is 59.3 Å². The number of unbranched alkanes of at least 4 members (excludes halogenated alkanes) is 3. The third kappa shape index (κ3) is 5.42. The number of hydrogen-bond acceptors (Lipinski definition) is 1. The fourth-order valence-corrected chi connectivity index (χ4v) is 20.3. The van der Waals surface area contributed by atoms with Crippen LogP contribution in [0.3, 0.4) is 0 Å². The van der Waals surface area contributed by atoms with Crippen LogP contribution in [0, 0.1) is 5.82 Å². The predicted octanol–water partition coefficient (Wildman–Crippen LogP) is 7.20. The molecule has 0 aliphatic carbocycles. The van der Waals surface area contributed by atoms with Gasteiger partial charge in [0, 0.05) is 0 Å². The van der Waals surface area contributed by atoms with E-state index < -0.39 is 18.4 Å². The Balaban J connectivity index is 1.99. The van der Waals surface area contributed by atoms with Crippen LogP contribution < -0.4 is 3.58 Å². The van der Waals surface area contributed by atoms with Gasteiger partial charge in [-0.3, -0.25) is 0 Å². The number of hydrogen-bond donors (Lipinski definition) is 0. The summed E-state index contributed by atoms with van der Waals surface area (Å²) in [5.41, 5.74) is 2.86. The van der Waals surface area contributed by atoms with Gasteiger partial charge in [-0.15, -0.1) is 0 Å². The molecule has 0 atom stereocenters. The Morgan fingerprint density at radius 2 is 1.38 bits per heavy atom. The van der Waals surface area contributed by atoms with Crippen molar-refractivity contribution in [1.29, 1.82) is 0 Å². The van der Waals surface area contributed by atoms with E-state index in [1.54, 1.807) is 3.58 Å². The first-order chi connectivity index (χ1) is 14.1. The second-order valence-corrected chi connectivity index (χ2v) is 21.6. The molecule has 0 aliphatic rings. The molecule has 156 valence electrons. The molecule has 3 aromatic rings. The van der Waals surface area contributed by atoms with E-state index in [2.05, 4.69) is 49.7 Å². The number of benzene rings is 1. The number of pyridine rings is 1. The molecule has 0 N–H and O–H groups in total. The van der Waals surface area contributed by atoms with Crippen molar-refractivity contribution in [3.8, 4) is 11.3 Å². The Hall–Kier alpha value is -1.36. The van der Waals surface area contributed by atoms with Crippen LogP contribution in [0.15, 0.2) is 48.8 Å². The Morgan fingerprint density at radius 1 is 0.793 bits per heavy atom. The van der Waals surface area contributed by atoms with Crippen LogP contribution in [0.2, 0.25) is 13.3 Å². The molecule has 0 saturated carbocycles. The SMILES string of the molecule is CCC[CH2][Sn]([CH2]CCC)([CH2]CCC)[c]1ccc2nc(-c3ccc(F)cc3)cn2c1. The first kappa shape index (κ1) is 22.3. The third-order valence-corrected chi connectivity index (χ3v) is 21.8. The van der Waals surface area contributed by atoms with Crippen molar-refractivity contribution >= 4 is 27.6 Å². The molecule has 0 saturated heterocycles. The van der Waals surface area contributed by atoms with Crippen LogP contribution in [0.4, 0.5) is 4.39 Å². The molecule has 3 rings (SSSR count). The number of halogens is 1. The van der Waals surface area contributed by atoms with Gasteiger partial charge in [-0.1, -0.05) is 0 Å². The van der Waals surface area contributed by atoms with E-state index in [1.807, 2.05) is 12.1 Å². The van der Waals surface area contributed by atoms with Gasteiger partial charge in [0.15, 0.2) is 0 Å². The van der Waals surface area contributed by atoms with Gasteiger partial charge in [0.2, 0.25) is 0 Å². The van der Waals surface area contributed by atoms with Crippen molar-refractivity contribution in [2.45, 2.75) is 72.6 Å². The van der Waals surface area contributed by atoms with Crippen molar-refractivity contribution in [3.63, 3.8) is 0 Å². The zero-order chi connectivity index (χ0) is 20.7. The average molecular weight is 501 g/mol. The van der Waals surface area contributed by atoms with Crippen molar-refractivity contribution in [2.75, 3.05) is 0 Å². The molecule has 0 aliphatic heterocycles. The zero-order valence-corrected chi connectivity index (χ0v) is 21.1. The van der Waals surface area contributed by atoms with Crippen LogP contribution in [0.5, 0.6) is 0 Å². The van der Waals surface area contributed by atoms with Gasteiger partial charge >= 0.3 is 180 Å². The minimum absolute atomic E-state index is 0.207. The molecular formula is C25H35FN2Sn. The molecule has 0 unspecified atom stereocenters. The Kier molecular flexibility index (Phi) is 8.16. The normalized spacial score (nSPS) is 12.0. The summed E-state index contributed by atoms with van der Waals surface area (Å²) >= 11 is -2.44. The topological polar surface area (TPSA) is 17.3 Å². The molecule has 4 heteroatoms. The summed E-state index contributed by atoms with van der Waals surface area (Å²) in [4.78, 5) is 4.79. The van der Waals surface area contributed by atoms with Gasteiger partial charge < -0.3 is 0 Å². The number of nitrogens with zero attached hydrogens (tertiary/aromatic N) is 2. The summed E-state index contributed by atoms with van der Waals surface area (Å²) in [5, 5.41) is 0. The van der Waals surface area contributed by atoms with Crippen LogP contribution in [-0.4, -0.2) is 27.8 Å². The molecule has 1 aromatic carbocycles. The van der Waals surface area contributed by atoms with E-state index in [-0.39, 0.29) is 5.82 Å². The van der Waals surface area contributed by atoms with Gasteiger partial charge in [0.25, 0.3) is 0 Å². The fraction of sp³-hybridized carbons (Fsp3) is 0.480. The maximum atomic E-state index is 13.3. The molecule has 29 heavy (non-hydrogen) atoms. The van der Waals surface area contributed by atoms with E-state index in [1.165, 1.54) is 64.0 Å². The molecule has 0 spiro atoms. The molecule has 0 amide bonds. The summed E-state index contributed by atoms with van der Waals surface area (Å²) in [6.07, 6.45) is 12.5. The van der Waals surface area contributed by atoms with E-state index in [9.17, 15) is 4.39 Å². The number of imidazole rings is 1. The summed E-state index contributed by atoms with van der Waals surface area (Å²) in [5.74, 6) is -0.207. The molecule has 2 aromatic heterocycles. The van der Waals surface area contributed by atoms with Crippen molar-refractivity contribution in [3.05, 3.63) is 54.6 Å². The van der Waals surface area contributed by atoms with Crippen LogP contribution >= 0.6 is 0 Å². The summed E-state index contributed by atoms with van der Waals surface area (Å²) in [6.45, 7) is 6.97. The predicted molar refractivity (Wildman–Crippen MR) is 125 cm³/mol. The van der Waals surface area contributed by atoms with Crippen molar-refractivity contribution in [2.24, 2.45) is 0 Å². The number of rotatable bonds is 11. The number of aromatic nitrogens is 2. The van der Waals surface area contributed by atoms with E-state index in [0.717, 1.165) is 16.9 Å². The van der Waals surface area contributed by atoms with Gasteiger partial charge in [-0.25, -0.2) is 0 Å². The summed E-state index contributed by atoms with van der Waals surface area (Å²) < 4.78 is 21.6. The first-order valence-corrected chi connectivity index (χ1v) is 18.8. The molecule has 0 bridgehead atoms. The second kappa shape index (κ2) is 10.6. The molecule has 2 nitrogen and oxygen atoms in total. The molecular weight excluding hydrogens is 466 g/mol. The third-order valence-electron chi connectivity index (χ3n) is 6.23. The number of fused-ring (bicyclic) bond motifs is 1. The van der Waals surface area contributed by atoms with E-state index in [4.69, 9.17) is 4.98 Å². The van der Waals surface area contributed by atoms with Crippen LogP contribution in [-0.2, 0) is 0 Å². The van der Waals surface area contributed by atoms with Crippen molar-refractivity contribution < 1.29 is 4.39 Å². The first-order valence-electron chi connectivity index (χ1n) is 11.4.